The minimum absolute atomic E-state index is 0.811. The van der Waals surface area contributed by atoms with Crippen LogP contribution in [0.15, 0.2) is 328 Å². The molecule has 0 amide bonds. The van der Waals surface area contributed by atoms with Gasteiger partial charge in [0.15, 0.2) is 0 Å². The van der Waals surface area contributed by atoms with Gasteiger partial charge in [0.2, 0.25) is 0 Å². The van der Waals surface area contributed by atoms with Crippen molar-refractivity contribution in [3.63, 3.8) is 0 Å². The van der Waals surface area contributed by atoms with Crippen LogP contribution in [-0.4, -0.2) is 0 Å². The van der Waals surface area contributed by atoms with Gasteiger partial charge < -0.3 is 0 Å². The molecule has 0 saturated heterocycles. The van der Waals surface area contributed by atoms with Crippen molar-refractivity contribution < 1.29 is 0 Å². The van der Waals surface area contributed by atoms with E-state index in [1.807, 2.05) is 0 Å². The Morgan fingerprint density at radius 3 is 0.747 bits per heavy atom. The van der Waals surface area contributed by atoms with Gasteiger partial charge in [-0.25, -0.2) is 0 Å². The number of fused-ring (bicyclic) bond motifs is 3. The van der Waals surface area contributed by atoms with E-state index >= 15 is 0 Å². The predicted molar refractivity (Wildman–Crippen MR) is 333 cm³/mol. The zero-order chi connectivity index (χ0) is 52.5. The molecule has 79 heavy (non-hydrogen) atoms. The zero-order valence-corrected chi connectivity index (χ0v) is 43.7. The van der Waals surface area contributed by atoms with Crippen LogP contribution in [0, 0.1) is 0 Å². The fourth-order valence-electron chi connectivity index (χ4n) is 12.4. The summed E-state index contributed by atoms with van der Waals surface area (Å²) in [5, 5.41) is 0. The summed E-state index contributed by atoms with van der Waals surface area (Å²) < 4.78 is 0. The normalized spacial score (nSPS) is 12.2. The van der Waals surface area contributed by atoms with Crippen molar-refractivity contribution in [3.05, 3.63) is 350 Å². The maximum atomic E-state index is 2.51. The van der Waals surface area contributed by atoms with E-state index in [2.05, 4.69) is 328 Å². The molecule has 0 nitrogen and oxygen atoms in total. The molecule has 0 heterocycles. The molecule has 13 aromatic rings. The standard InChI is InChI=1S/C79H54/c1-6-23-55(24-7-1)60-33-18-37-64(45-60)68-49-69(65-38-19-34-61(46-65)56-25-8-2-9-26-56)52-72(51-68)79(76-43-17-16-41-75(76)78-74(42-22-44-77(78)79)59-31-14-5-15-32-59)73-53-70(66-39-20-35-62(47-66)57-27-10-3-11-28-57)50-71(54-73)67-40-21-36-63(48-67)58-29-12-4-13-30-58/h1-54H. The Hall–Kier alpha value is -10.1. The van der Waals surface area contributed by atoms with E-state index in [-0.39, 0.29) is 0 Å². The molecule has 13 aromatic carbocycles. The molecule has 370 valence electrons. The summed E-state index contributed by atoms with van der Waals surface area (Å²) in [4.78, 5) is 0. The third-order valence-electron chi connectivity index (χ3n) is 16.1. The number of benzene rings is 13. The summed E-state index contributed by atoms with van der Waals surface area (Å²) in [7, 11) is 0. The Morgan fingerprint density at radius 1 is 0.152 bits per heavy atom. The fourth-order valence-corrected chi connectivity index (χ4v) is 12.4. The largest absolute Gasteiger partial charge is 0.0714 e. The van der Waals surface area contributed by atoms with Crippen LogP contribution >= 0.6 is 0 Å². The van der Waals surface area contributed by atoms with E-state index < -0.39 is 5.41 Å². The Morgan fingerprint density at radius 2 is 0.392 bits per heavy atom. The molecule has 14 rings (SSSR count). The van der Waals surface area contributed by atoms with Crippen molar-refractivity contribution >= 4 is 0 Å². The molecule has 1 aliphatic carbocycles. The molecule has 0 aromatic heterocycles. The summed E-state index contributed by atoms with van der Waals surface area (Å²) in [6, 6.07) is 121. The number of rotatable bonds is 11. The Bertz CT molecular complexity index is 3910. The van der Waals surface area contributed by atoms with Crippen LogP contribution in [0.25, 0.3) is 111 Å². The third-order valence-corrected chi connectivity index (χ3v) is 16.1. The van der Waals surface area contributed by atoms with Crippen molar-refractivity contribution in [1.29, 1.82) is 0 Å². The van der Waals surface area contributed by atoms with Crippen molar-refractivity contribution in [3.8, 4) is 111 Å². The predicted octanol–water partition coefficient (Wildman–Crippen LogP) is 21.1. The van der Waals surface area contributed by atoms with Crippen LogP contribution in [0.5, 0.6) is 0 Å². The van der Waals surface area contributed by atoms with Crippen LogP contribution in [0.3, 0.4) is 0 Å². The van der Waals surface area contributed by atoms with Gasteiger partial charge in [-0.05, 0) is 194 Å². The van der Waals surface area contributed by atoms with Gasteiger partial charge in [-0.15, -0.1) is 0 Å². The first-order valence-electron chi connectivity index (χ1n) is 27.4. The average molecular weight is 1000 g/mol. The van der Waals surface area contributed by atoms with Gasteiger partial charge >= 0.3 is 0 Å². The molecular formula is C79H54. The highest BCUT2D eigenvalue weighted by molar-refractivity contribution is 5.97. The van der Waals surface area contributed by atoms with Crippen molar-refractivity contribution in [1.82, 2.24) is 0 Å². The van der Waals surface area contributed by atoms with Gasteiger partial charge in [0.05, 0.1) is 5.41 Å². The van der Waals surface area contributed by atoms with Gasteiger partial charge in [-0.1, -0.05) is 267 Å². The van der Waals surface area contributed by atoms with Crippen molar-refractivity contribution in [2.45, 2.75) is 5.41 Å². The minimum Gasteiger partial charge on any atom is -0.0622 e. The van der Waals surface area contributed by atoms with E-state index in [0.29, 0.717) is 0 Å². The zero-order valence-electron chi connectivity index (χ0n) is 43.7. The lowest BCUT2D eigenvalue weighted by atomic mass is 9.66. The number of hydrogen-bond donors (Lipinski definition) is 0. The molecule has 0 spiro atoms. The van der Waals surface area contributed by atoms with E-state index in [0.717, 1.165) is 44.5 Å². The molecule has 0 bridgehead atoms. The van der Waals surface area contributed by atoms with Crippen LogP contribution in [0.2, 0.25) is 0 Å². The molecule has 1 aliphatic rings. The quantitative estimate of drug-likeness (QED) is 0.121. The summed E-state index contributed by atoms with van der Waals surface area (Å²) >= 11 is 0. The SMILES string of the molecule is c1ccc(-c2cccc(-c3cc(-c4cccc(-c5ccccc5)c4)cc(C4(c5cc(-c6cccc(-c7ccccc7)c6)cc(-c6cccc(-c7ccccc7)c6)c5)c5ccccc5-c5c(-c6ccccc6)cccc54)c3)c2)cc1. The fraction of sp³-hybridized carbons (Fsp3) is 0.0127. The second-order valence-corrected chi connectivity index (χ2v) is 20.8. The Labute approximate surface area is 463 Å². The lowest BCUT2D eigenvalue weighted by molar-refractivity contribution is 0.770. The Kier molecular flexibility index (Phi) is 12.2. The molecule has 0 atom stereocenters. The maximum Gasteiger partial charge on any atom is 0.0714 e. The summed E-state index contributed by atoms with van der Waals surface area (Å²) in [6.45, 7) is 0. The highest BCUT2D eigenvalue weighted by Crippen LogP contribution is 2.60. The molecule has 0 unspecified atom stereocenters. The third kappa shape index (κ3) is 8.80. The first-order chi connectivity index (χ1) is 39.1. The first-order valence-corrected chi connectivity index (χ1v) is 27.4. The van der Waals surface area contributed by atoms with Crippen LogP contribution in [0.4, 0.5) is 0 Å². The Balaban J connectivity index is 1.10. The smallest absolute Gasteiger partial charge is 0.0622 e. The molecule has 0 aliphatic heterocycles. The van der Waals surface area contributed by atoms with Gasteiger partial charge in [-0.2, -0.15) is 0 Å². The van der Waals surface area contributed by atoms with E-state index in [1.54, 1.807) is 0 Å². The molecule has 0 radical (unpaired) electrons. The second-order valence-electron chi connectivity index (χ2n) is 20.8. The van der Waals surface area contributed by atoms with Crippen LogP contribution in [0.1, 0.15) is 22.3 Å². The van der Waals surface area contributed by atoms with E-state index in [9.17, 15) is 0 Å². The number of hydrogen-bond acceptors (Lipinski definition) is 0. The van der Waals surface area contributed by atoms with Gasteiger partial charge in [0.25, 0.3) is 0 Å². The van der Waals surface area contributed by atoms with Crippen molar-refractivity contribution in [2.75, 3.05) is 0 Å². The van der Waals surface area contributed by atoms with Crippen LogP contribution < -0.4 is 0 Å². The summed E-state index contributed by atoms with van der Waals surface area (Å²) in [5.41, 5.74) is 27.8. The maximum absolute atomic E-state index is 2.51. The average Bonchev–Trinajstić information content (AvgIpc) is 3.88. The molecule has 0 saturated carbocycles. The van der Waals surface area contributed by atoms with Gasteiger partial charge in [0, 0.05) is 0 Å². The summed E-state index contributed by atoms with van der Waals surface area (Å²) in [6.07, 6.45) is 0. The van der Waals surface area contributed by atoms with E-state index in [4.69, 9.17) is 0 Å². The topological polar surface area (TPSA) is 0 Å². The molecule has 0 fully saturated rings. The highest BCUT2D eigenvalue weighted by Gasteiger charge is 2.47. The minimum atomic E-state index is -0.811. The van der Waals surface area contributed by atoms with Gasteiger partial charge in [0.1, 0.15) is 0 Å². The second kappa shape index (κ2) is 20.4. The molecule has 0 heteroatoms. The monoisotopic (exact) mass is 1000 g/mol. The summed E-state index contributed by atoms with van der Waals surface area (Å²) in [5.74, 6) is 0. The van der Waals surface area contributed by atoms with Crippen LogP contribution in [-0.2, 0) is 5.41 Å². The lowest BCUT2D eigenvalue weighted by Gasteiger charge is -2.35. The van der Waals surface area contributed by atoms with Gasteiger partial charge in [-0.3, -0.25) is 0 Å². The molecule has 0 N–H and O–H groups in total. The van der Waals surface area contributed by atoms with E-state index in [1.165, 1.54) is 89.0 Å². The first kappa shape index (κ1) is 47.3. The lowest BCUT2D eigenvalue weighted by Crippen LogP contribution is -2.29. The van der Waals surface area contributed by atoms with Crippen molar-refractivity contribution in [2.24, 2.45) is 0 Å². The molecular weight excluding hydrogens is 949 g/mol. The highest BCUT2D eigenvalue weighted by atomic mass is 14.5.